The third kappa shape index (κ3) is 3.66. The minimum Gasteiger partial charge on any atom is -0.492 e. The second-order valence-corrected chi connectivity index (χ2v) is 8.89. The Morgan fingerprint density at radius 3 is 2.41 bits per heavy atom. The molecule has 0 spiro atoms. The van der Waals surface area contributed by atoms with Crippen molar-refractivity contribution in [3.63, 3.8) is 0 Å². The average molecular weight is 406 g/mol. The van der Waals surface area contributed by atoms with Gasteiger partial charge in [-0.1, -0.05) is 72.0 Å². The highest BCUT2D eigenvalue weighted by Gasteiger charge is 2.35. The van der Waals surface area contributed by atoms with E-state index < -0.39 is 0 Å². The lowest BCUT2D eigenvalue weighted by Gasteiger charge is -2.34. The van der Waals surface area contributed by atoms with E-state index in [-0.39, 0.29) is 11.9 Å². The van der Waals surface area contributed by atoms with Gasteiger partial charge in [0, 0.05) is 5.56 Å². The molecule has 1 aliphatic heterocycles. The predicted molar refractivity (Wildman–Crippen MR) is 114 cm³/mol. The molecule has 1 saturated heterocycles. The van der Waals surface area contributed by atoms with Crippen LogP contribution in [0.25, 0.3) is 4.96 Å². The molecule has 2 aromatic heterocycles. The second kappa shape index (κ2) is 7.97. The molecular formula is C23H25N4OS+. The molecule has 5 nitrogen and oxygen atoms in total. The maximum Gasteiger partial charge on any atom is 0.235 e. The van der Waals surface area contributed by atoms with Gasteiger partial charge in [-0.25, -0.2) is 4.98 Å². The Hall–Kier alpha value is -2.70. The van der Waals surface area contributed by atoms with Crippen molar-refractivity contribution in [2.24, 2.45) is 5.92 Å². The number of fused-ring (bicyclic) bond motifs is 1. The quantitative estimate of drug-likeness (QED) is 0.536. The van der Waals surface area contributed by atoms with Crippen molar-refractivity contribution in [1.82, 2.24) is 14.6 Å². The van der Waals surface area contributed by atoms with E-state index in [2.05, 4.69) is 64.7 Å². The Balaban J connectivity index is 1.39. The van der Waals surface area contributed by atoms with Gasteiger partial charge in [0.05, 0.1) is 13.1 Å². The molecule has 4 aromatic rings. The van der Waals surface area contributed by atoms with Gasteiger partial charge in [-0.05, 0) is 30.7 Å². The van der Waals surface area contributed by atoms with E-state index in [1.807, 2.05) is 6.07 Å². The second-order valence-electron chi connectivity index (χ2n) is 7.88. The van der Waals surface area contributed by atoms with Gasteiger partial charge in [-0.3, -0.25) is 0 Å². The van der Waals surface area contributed by atoms with Crippen molar-refractivity contribution in [3.05, 3.63) is 83.0 Å². The normalized spacial score (nSPS) is 20.7. The molecule has 0 aliphatic carbocycles. The third-order valence-electron chi connectivity index (χ3n) is 6.06. The summed E-state index contributed by atoms with van der Waals surface area (Å²) in [5.74, 6) is 0.962. The van der Waals surface area contributed by atoms with Crippen LogP contribution in [0.3, 0.4) is 0 Å². The topological polar surface area (TPSA) is 54.9 Å². The molecule has 1 fully saturated rings. The van der Waals surface area contributed by atoms with Gasteiger partial charge in [-0.15, -0.1) is 0 Å². The maximum absolute atomic E-state index is 10.8. The first kappa shape index (κ1) is 18.3. The number of benzene rings is 2. The summed E-state index contributed by atoms with van der Waals surface area (Å²) in [5, 5.41) is 15.0. The van der Waals surface area contributed by atoms with Crippen LogP contribution in [-0.4, -0.2) is 32.8 Å². The smallest absolute Gasteiger partial charge is 0.235 e. The van der Waals surface area contributed by atoms with Crippen LogP contribution in [0.15, 0.2) is 67.0 Å². The van der Waals surface area contributed by atoms with Crippen LogP contribution in [0.1, 0.15) is 34.9 Å². The number of thiazole rings is 1. The van der Waals surface area contributed by atoms with Gasteiger partial charge in [0.1, 0.15) is 11.2 Å². The summed E-state index contributed by atoms with van der Waals surface area (Å²) in [6.07, 6.45) is 5.06. The van der Waals surface area contributed by atoms with E-state index in [0.29, 0.717) is 0 Å². The first-order chi connectivity index (χ1) is 14.3. The largest absolute Gasteiger partial charge is 0.492 e. The van der Waals surface area contributed by atoms with E-state index in [1.165, 1.54) is 35.2 Å². The van der Waals surface area contributed by atoms with Gasteiger partial charge in [-0.2, -0.15) is 9.61 Å². The maximum atomic E-state index is 10.8. The summed E-state index contributed by atoms with van der Waals surface area (Å²) < 4.78 is 1.55. The molecule has 0 unspecified atom stereocenters. The first-order valence-electron chi connectivity index (χ1n) is 10.2. The van der Waals surface area contributed by atoms with Crippen molar-refractivity contribution in [1.29, 1.82) is 0 Å². The van der Waals surface area contributed by atoms with Gasteiger partial charge >= 0.3 is 0 Å². The molecule has 1 atom stereocenters. The lowest BCUT2D eigenvalue weighted by molar-refractivity contribution is -0.931. The SMILES string of the molecule is Oc1c([C@@H](c2ccccc2)[NH+]2CCC(Cc3ccccc3)CC2)sc2ncnn12. The Morgan fingerprint density at radius 2 is 1.72 bits per heavy atom. The lowest BCUT2D eigenvalue weighted by atomic mass is 9.89. The predicted octanol–water partition coefficient (Wildman–Crippen LogP) is 3.12. The van der Waals surface area contributed by atoms with Gasteiger partial charge < -0.3 is 10.0 Å². The minimum absolute atomic E-state index is 0.113. The highest BCUT2D eigenvalue weighted by molar-refractivity contribution is 7.17. The third-order valence-corrected chi connectivity index (χ3v) is 7.16. The fraction of sp³-hybridized carbons (Fsp3) is 0.304. The molecule has 0 saturated carbocycles. The van der Waals surface area contributed by atoms with E-state index in [0.717, 1.165) is 35.3 Å². The zero-order valence-corrected chi connectivity index (χ0v) is 17.1. The summed E-state index contributed by atoms with van der Waals surface area (Å²) >= 11 is 1.55. The Bertz CT molecular complexity index is 1070. The molecule has 6 heteroatoms. The fourth-order valence-electron chi connectivity index (χ4n) is 4.59. The van der Waals surface area contributed by atoms with Crippen LogP contribution < -0.4 is 4.90 Å². The van der Waals surface area contributed by atoms with Gasteiger partial charge in [0.25, 0.3) is 0 Å². The van der Waals surface area contributed by atoms with Crippen LogP contribution in [0.2, 0.25) is 0 Å². The van der Waals surface area contributed by atoms with Crippen LogP contribution in [0.4, 0.5) is 0 Å². The number of hydrogen-bond donors (Lipinski definition) is 2. The van der Waals surface area contributed by atoms with E-state index in [9.17, 15) is 5.11 Å². The number of nitrogens with one attached hydrogen (secondary N) is 1. The van der Waals surface area contributed by atoms with E-state index in [4.69, 9.17) is 0 Å². The van der Waals surface area contributed by atoms with Crippen molar-refractivity contribution in [2.45, 2.75) is 25.3 Å². The average Bonchev–Trinajstić information content (AvgIpc) is 3.35. The van der Waals surface area contributed by atoms with Crippen molar-refractivity contribution < 1.29 is 10.0 Å². The zero-order valence-electron chi connectivity index (χ0n) is 16.2. The van der Waals surface area contributed by atoms with Crippen molar-refractivity contribution >= 4 is 16.3 Å². The zero-order chi connectivity index (χ0) is 19.6. The Kier molecular flexibility index (Phi) is 5.04. The molecule has 2 N–H and O–H groups in total. The number of likely N-dealkylation sites (tertiary alicyclic amines) is 1. The summed E-state index contributed by atoms with van der Waals surface area (Å²) in [4.78, 5) is 7.50. The Morgan fingerprint density at radius 1 is 1.03 bits per heavy atom. The summed E-state index contributed by atoms with van der Waals surface area (Å²) in [7, 11) is 0. The number of nitrogens with zero attached hydrogens (tertiary/aromatic N) is 3. The van der Waals surface area contributed by atoms with Crippen LogP contribution >= 0.6 is 11.3 Å². The van der Waals surface area contributed by atoms with Crippen LogP contribution in [0, 0.1) is 5.92 Å². The fourth-order valence-corrected chi connectivity index (χ4v) is 5.70. The number of quaternary nitrogens is 1. The van der Waals surface area contributed by atoms with Crippen molar-refractivity contribution in [3.8, 4) is 5.88 Å². The summed E-state index contributed by atoms with van der Waals surface area (Å²) in [5.41, 5.74) is 2.67. The number of piperidine rings is 1. The highest BCUT2D eigenvalue weighted by Crippen LogP contribution is 2.35. The van der Waals surface area contributed by atoms with Gasteiger partial charge in [0.15, 0.2) is 6.04 Å². The number of aromatic hydroxyl groups is 1. The molecule has 3 heterocycles. The summed E-state index contributed by atoms with van der Waals surface area (Å²) in [6, 6.07) is 21.5. The molecule has 0 radical (unpaired) electrons. The number of hydrogen-bond acceptors (Lipinski definition) is 4. The van der Waals surface area contributed by atoms with E-state index in [1.54, 1.807) is 15.9 Å². The van der Waals surface area contributed by atoms with Crippen molar-refractivity contribution in [2.75, 3.05) is 13.1 Å². The molecule has 0 bridgehead atoms. The Labute approximate surface area is 174 Å². The molecule has 0 amide bonds. The molecule has 1 aliphatic rings. The van der Waals surface area contributed by atoms with E-state index >= 15 is 0 Å². The van der Waals surface area contributed by atoms with Gasteiger partial charge in [0.2, 0.25) is 10.8 Å². The molecule has 2 aromatic carbocycles. The minimum atomic E-state index is 0.113. The molecule has 29 heavy (non-hydrogen) atoms. The molecule has 148 valence electrons. The number of aromatic nitrogens is 3. The summed E-state index contributed by atoms with van der Waals surface area (Å²) in [6.45, 7) is 2.20. The standard InChI is InChI=1S/C23H24N4OS/c28-22-21(29-23-24-16-25-27(22)23)20(19-9-5-2-6-10-19)26-13-11-18(12-14-26)15-17-7-3-1-4-8-17/h1-10,16,18,20,28H,11-15H2/p+1/t20-/m1/s1. The van der Waals surface area contributed by atoms with Crippen LogP contribution in [0.5, 0.6) is 5.88 Å². The highest BCUT2D eigenvalue weighted by atomic mass is 32.1. The van der Waals surface area contributed by atoms with Crippen LogP contribution in [-0.2, 0) is 6.42 Å². The molecule has 5 rings (SSSR count). The lowest BCUT2D eigenvalue weighted by Crippen LogP contribution is -3.13. The first-order valence-corrected chi connectivity index (χ1v) is 11.1. The monoisotopic (exact) mass is 405 g/mol. The number of rotatable bonds is 5. The molecular weight excluding hydrogens is 380 g/mol.